The van der Waals surface area contributed by atoms with E-state index >= 15 is 0 Å². The van der Waals surface area contributed by atoms with Crippen molar-refractivity contribution in [2.45, 2.75) is 27.3 Å². The Labute approximate surface area is 113 Å². The summed E-state index contributed by atoms with van der Waals surface area (Å²) < 4.78 is 2.35. The molecule has 0 atom stereocenters. The first-order valence-corrected chi connectivity index (χ1v) is 6.07. The molecule has 0 N–H and O–H groups in total. The Morgan fingerprint density at radius 3 is 2.56 bits per heavy atom. The smallest absolute Gasteiger partial charge is 0.0707 e. The van der Waals surface area contributed by atoms with Gasteiger partial charge in [-0.25, -0.2) is 0 Å². The van der Waals surface area contributed by atoms with E-state index in [1.807, 2.05) is 0 Å². The highest BCUT2D eigenvalue weighted by Crippen LogP contribution is 2.30. The maximum Gasteiger partial charge on any atom is 0.0707 e. The molecule has 0 fully saturated rings. The Bertz CT molecular complexity index is 713. The summed E-state index contributed by atoms with van der Waals surface area (Å²) in [4.78, 5) is 4.58. The first-order chi connectivity index (χ1) is 8.22. The van der Waals surface area contributed by atoms with Crippen LogP contribution >= 0.6 is 12.4 Å². The molecule has 2 aromatic heterocycles. The Kier molecular flexibility index (Phi) is 3.31. The van der Waals surface area contributed by atoms with Gasteiger partial charge in [-0.1, -0.05) is 18.2 Å². The molecule has 18 heavy (non-hydrogen) atoms. The number of hydrogen-bond donors (Lipinski definition) is 0. The van der Waals surface area contributed by atoms with Gasteiger partial charge in [-0.3, -0.25) is 4.98 Å². The van der Waals surface area contributed by atoms with E-state index in [1.165, 1.54) is 21.8 Å². The van der Waals surface area contributed by atoms with Gasteiger partial charge in [0, 0.05) is 28.5 Å². The number of fused-ring (bicyclic) bond motifs is 3. The van der Waals surface area contributed by atoms with Crippen LogP contribution in [0, 0.1) is 13.8 Å². The molecule has 94 valence electrons. The Balaban J connectivity index is 0.00000120. The average molecular weight is 261 g/mol. The van der Waals surface area contributed by atoms with Crippen LogP contribution in [0.3, 0.4) is 0 Å². The summed E-state index contributed by atoms with van der Waals surface area (Å²) in [5, 5.41) is 2.66. The zero-order valence-corrected chi connectivity index (χ0v) is 11.7. The maximum absolute atomic E-state index is 4.58. The molecular weight excluding hydrogens is 244 g/mol. The summed E-state index contributed by atoms with van der Waals surface area (Å²) in [5.74, 6) is 0. The minimum Gasteiger partial charge on any atom is -0.339 e. The van der Waals surface area contributed by atoms with Crippen LogP contribution in [-0.2, 0) is 6.54 Å². The number of hydrogen-bond acceptors (Lipinski definition) is 1. The molecule has 3 rings (SSSR count). The minimum absolute atomic E-state index is 0. The van der Waals surface area contributed by atoms with E-state index in [0.29, 0.717) is 0 Å². The molecule has 0 aliphatic rings. The first kappa shape index (κ1) is 12.9. The molecule has 1 aromatic carbocycles. The number of aryl methyl sites for hydroxylation is 3. The summed E-state index contributed by atoms with van der Waals surface area (Å²) in [6, 6.07) is 10.8. The quantitative estimate of drug-likeness (QED) is 0.640. The van der Waals surface area contributed by atoms with Crippen molar-refractivity contribution in [1.29, 1.82) is 0 Å². The van der Waals surface area contributed by atoms with Gasteiger partial charge >= 0.3 is 0 Å². The fourth-order valence-corrected chi connectivity index (χ4v) is 2.75. The third-order valence-electron chi connectivity index (χ3n) is 3.37. The van der Waals surface area contributed by atoms with Gasteiger partial charge in [0.05, 0.1) is 11.2 Å². The lowest BCUT2D eigenvalue weighted by Crippen LogP contribution is -1.96. The first-order valence-electron chi connectivity index (χ1n) is 6.07. The molecule has 0 bridgehead atoms. The van der Waals surface area contributed by atoms with Gasteiger partial charge in [0.1, 0.15) is 0 Å². The molecule has 0 amide bonds. The molecule has 0 saturated carbocycles. The van der Waals surface area contributed by atoms with Crippen molar-refractivity contribution in [3.63, 3.8) is 0 Å². The number of rotatable bonds is 1. The summed E-state index contributed by atoms with van der Waals surface area (Å²) in [6.07, 6.45) is 0. The normalized spacial score (nSPS) is 10.8. The second-order valence-electron chi connectivity index (χ2n) is 4.51. The molecule has 3 heteroatoms. The summed E-state index contributed by atoms with van der Waals surface area (Å²) in [6.45, 7) is 7.33. The monoisotopic (exact) mass is 260 g/mol. The van der Waals surface area contributed by atoms with Crippen molar-refractivity contribution in [1.82, 2.24) is 9.55 Å². The fourth-order valence-electron chi connectivity index (χ4n) is 2.75. The van der Waals surface area contributed by atoms with Gasteiger partial charge in [-0.15, -0.1) is 12.4 Å². The molecule has 0 aliphatic heterocycles. The molecule has 0 aliphatic carbocycles. The van der Waals surface area contributed by atoms with Crippen molar-refractivity contribution in [2.75, 3.05) is 0 Å². The molecular formula is C15H17ClN2. The van der Waals surface area contributed by atoms with E-state index in [1.54, 1.807) is 0 Å². The lowest BCUT2D eigenvalue weighted by molar-refractivity contribution is 0.821. The van der Waals surface area contributed by atoms with E-state index < -0.39 is 0 Å². The summed E-state index contributed by atoms with van der Waals surface area (Å²) in [7, 11) is 0. The predicted molar refractivity (Wildman–Crippen MR) is 79.6 cm³/mol. The minimum atomic E-state index is 0. The zero-order chi connectivity index (χ0) is 12.0. The molecule has 0 spiro atoms. The molecule has 0 unspecified atom stereocenters. The van der Waals surface area contributed by atoms with Crippen molar-refractivity contribution < 1.29 is 0 Å². The maximum atomic E-state index is 4.58. The van der Waals surface area contributed by atoms with Gasteiger partial charge in [-0.05, 0) is 32.9 Å². The van der Waals surface area contributed by atoms with Crippen LogP contribution in [0.1, 0.15) is 18.3 Å². The number of pyridine rings is 1. The van der Waals surface area contributed by atoms with Gasteiger partial charge in [0.2, 0.25) is 0 Å². The Morgan fingerprint density at radius 2 is 1.83 bits per heavy atom. The van der Waals surface area contributed by atoms with Gasteiger partial charge in [0.15, 0.2) is 0 Å². The van der Waals surface area contributed by atoms with Crippen molar-refractivity contribution in [3.05, 3.63) is 41.7 Å². The van der Waals surface area contributed by atoms with E-state index in [0.717, 1.165) is 17.9 Å². The zero-order valence-electron chi connectivity index (χ0n) is 10.9. The highest BCUT2D eigenvalue weighted by atomic mass is 35.5. The lowest BCUT2D eigenvalue weighted by atomic mass is 10.1. The third-order valence-corrected chi connectivity index (χ3v) is 3.37. The van der Waals surface area contributed by atoms with E-state index in [2.05, 4.69) is 60.7 Å². The van der Waals surface area contributed by atoms with Gasteiger partial charge in [0.25, 0.3) is 0 Å². The largest absolute Gasteiger partial charge is 0.339 e. The van der Waals surface area contributed by atoms with Crippen molar-refractivity contribution >= 4 is 34.2 Å². The number of aromatic nitrogens is 2. The Morgan fingerprint density at radius 1 is 1.11 bits per heavy atom. The number of para-hydroxylation sites is 1. The van der Waals surface area contributed by atoms with Crippen LogP contribution in [0.2, 0.25) is 0 Å². The van der Waals surface area contributed by atoms with Crippen LogP contribution in [0.4, 0.5) is 0 Å². The summed E-state index contributed by atoms with van der Waals surface area (Å²) in [5.41, 5.74) is 4.80. The predicted octanol–water partition coefficient (Wildman–Crippen LogP) is 4.25. The van der Waals surface area contributed by atoms with Crippen LogP contribution in [0.5, 0.6) is 0 Å². The van der Waals surface area contributed by atoms with Gasteiger partial charge in [-0.2, -0.15) is 0 Å². The van der Waals surface area contributed by atoms with Crippen molar-refractivity contribution in [2.24, 2.45) is 0 Å². The van der Waals surface area contributed by atoms with Gasteiger partial charge < -0.3 is 4.57 Å². The SMILES string of the molecule is CCn1c2ccccc2c2cc(C)nc(C)c21.Cl. The van der Waals surface area contributed by atoms with Crippen LogP contribution in [0.15, 0.2) is 30.3 Å². The standard InChI is InChI=1S/C15H16N2.ClH/c1-4-17-14-8-6-5-7-12(14)13-9-10(2)16-11(3)15(13)17;/h5-9H,4H2,1-3H3;1H. The van der Waals surface area contributed by atoms with Crippen LogP contribution in [0.25, 0.3) is 21.8 Å². The topological polar surface area (TPSA) is 17.8 Å². The van der Waals surface area contributed by atoms with E-state index in [-0.39, 0.29) is 12.4 Å². The molecule has 3 aromatic rings. The van der Waals surface area contributed by atoms with Crippen LogP contribution in [-0.4, -0.2) is 9.55 Å². The average Bonchev–Trinajstić information content (AvgIpc) is 2.63. The second kappa shape index (κ2) is 4.62. The number of halogens is 1. The summed E-state index contributed by atoms with van der Waals surface area (Å²) >= 11 is 0. The Hall–Kier alpha value is -1.54. The molecule has 2 heterocycles. The second-order valence-corrected chi connectivity index (χ2v) is 4.51. The molecule has 0 radical (unpaired) electrons. The third kappa shape index (κ3) is 1.68. The fraction of sp³-hybridized carbons (Fsp3) is 0.267. The van der Waals surface area contributed by atoms with E-state index in [9.17, 15) is 0 Å². The molecule has 2 nitrogen and oxygen atoms in total. The highest BCUT2D eigenvalue weighted by Gasteiger charge is 2.11. The lowest BCUT2D eigenvalue weighted by Gasteiger charge is -2.05. The molecule has 0 saturated heterocycles. The van der Waals surface area contributed by atoms with Crippen molar-refractivity contribution in [3.8, 4) is 0 Å². The highest BCUT2D eigenvalue weighted by molar-refractivity contribution is 6.08. The number of nitrogens with zero attached hydrogens (tertiary/aromatic N) is 2. The van der Waals surface area contributed by atoms with Crippen LogP contribution < -0.4 is 0 Å². The number of benzene rings is 1. The van der Waals surface area contributed by atoms with E-state index in [4.69, 9.17) is 0 Å².